The van der Waals surface area contributed by atoms with E-state index in [0.29, 0.717) is 5.92 Å². The summed E-state index contributed by atoms with van der Waals surface area (Å²) < 4.78 is 0. The minimum atomic E-state index is -0.950. The molecule has 0 aliphatic heterocycles. The van der Waals surface area contributed by atoms with Crippen LogP contribution in [0.3, 0.4) is 0 Å². The van der Waals surface area contributed by atoms with E-state index >= 15 is 0 Å². The van der Waals surface area contributed by atoms with Gasteiger partial charge in [0.25, 0.3) is 11.4 Å². The van der Waals surface area contributed by atoms with Crippen LogP contribution in [0.5, 0.6) is 0 Å². The van der Waals surface area contributed by atoms with Crippen LogP contribution in [-0.2, 0) is 4.84 Å². The highest BCUT2D eigenvalue weighted by Gasteiger charge is 2.60. The fourth-order valence-corrected chi connectivity index (χ4v) is 4.14. The molecule has 2 atom stereocenters. The van der Waals surface area contributed by atoms with E-state index in [0.717, 1.165) is 43.2 Å². The maximum Gasteiger partial charge on any atom is 0.366 e. The molecule has 9 nitrogen and oxygen atoms in total. The molecule has 2 bridgehead atoms. The number of non-ortho nitro benzene ring substituents is 2. The Morgan fingerprint density at radius 3 is 2.15 bits per heavy atom. The van der Waals surface area contributed by atoms with Crippen molar-refractivity contribution in [1.29, 1.82) is 0 Å². The molecule has 2 aliphatic carbocycles. The van der Waals surface area contributed by atoms with E-state index in [9.17, 15) is 25.0 Å². The van der Waals surface area contributed by atoms with Crippen LogP contribution in [-0.4, -0.2) is 21.5 Å². The second-order valence-corrected chi connectivity index (χ2v) is 7.66. The van der Waals surface area contributed by atoms with Gasteiger partial charge in [0.2, 0.25) is 0 Å². The summed E-state index contributed by atoms with van der Waals surface area (Å²) in [5.74, 6) is -0.475. The molecule has 0 spiro atoms. The number of nitrogens with zero attached hydrogens (tertiary/aromatic N) is 3. The third-order valence-corrected chi connectivity index (χ3v) is 6.31. The second kappa shape index (κ2) is 5.86. The molecule has 2 saturated carbocycles. The van der Waals surface area contributed by atoms with E-state index in [1.54, 1.807) is 0 Å². The standard InChI is InChI=1S/C17H19N3O6/c1-16(2)11-4-5-17(16,3)14(8-11)18-26-15(21)10-6-12(19(22)23)9-13(7-10)20(24)25/h6-7,9,11H,4-5,8H2,1-3H3. The predicted molar refractivity (Wildman–Crippen MR) is 91.8 cm³/mol. The zero-order valence-corrected chi connectivity index (χ0v) is 14.7. The van der Waals surface area contributed by atoms with Gasteiger partial charge in [-0.05, 0) is 30.6 Å². The van der Waals surface area contributed by atoms with Crippen LogP contribution in [0.1, 0.15) is 50.4 Å². The number of carbonyl (C=O) groups excluding carboxylic acids is 1. The molecule has 1 aromatic carbocycles. The first-order chi connectivity index (χ1) is 12.1. The smallest absolute Gasteiger partial charge is 0.313 e. The molecule has 2 aliphatic rings. The van der Waals surface area contributed by atoms with Crippen LogP contribution in [0.4, 0.5) is 11.4 Å². The molecular weight excluding hydrogens is 342 g/mol. The van der Waals surface area contributed by atoms with Crippen molar-refractivity contribution in [3.8, 4) is 0 Å². The summed E-state index contributed by atoms with van der Waals surface area (Å²) in [4.78, 5) is 37.5. The first-order valence-electron chi connectivity index (χ1n) is 8.29. The van der Waals surface area contributed by atoms with Crippen molar-refractivity contribution in [2.75, 3.05) is 0 Å². The molecule has 0 heterocycles. The molecule has 0 N–H and O–H groups in total. The van der Waals surface area contributed by atoms with Crippen molar-refractivity contribution in [3.63, 3.8) is 0 Å². The highest BCUT2D eigenvalue weighted by Crippen LogP contribution is 2.64. The Kier molecular flexibility index (Phi) is 4.05. The minimum Gasteiger partial charge on any atom is -0.313 e. The molecule has 2 unspecified atom stereocenters. The highest BCUT2D eigenvalue weighted by molar-refractivity contribution is 5.96. The zero-order chi connectivity index (χ0) is 19.3. The maximum absolute atomic E-state index is 12.2. The summed E-state index contributed by atoms with van der Waals surface area (Å²) in [6, 6.07) is 2.69. The Morgan fingerprint density at radius 2 is 1.73 bits per heavy atom. The lowest BCUT2D eigenvalue weighted by Gasteiger charge is -2.34. The number of carbonyl (C=O) groups is 1. The van der Waals surface area contributed by atoms with Gasteiger partial charge < -0.3 is 4.84 Å². The number of nitro groups is 2. The third-order valence-electron chi connectivity index (χ3n) is 6.31. The number of fused-ring (bicyclic) bond motifs is 2. The molecule has 0 amide bonds. The van der Waals surface area contributed by atoms with Crippen LogP contribution in [0.2, 0.25) is 0 Å². The van der Waals surface area contributed by atoms with Gasteiger partial charge in [-0.15, -0.1) is 0 Å². The summed E-state index contributed by atoms with van der Waals surface area (Å²) in [6.07, 6.45) is 2.81. The average molecular weight is 361 g/mol. The largest absolute Gasteiger partial charge is 0.366 e. The molecule has 3 rings (SSSR count). The predicted octanol–water partition coefficient (Wildman–Crippen LogP) is 3.86. The van der Waals surface area contributed by atoms with Crippen molar-refractivity contribution in [1.82, 2.24) is 0 Å². The molecule has 1 aromatic rings. The quantitative estimate of drug-likeness (QED) is 0.455. The van der Waals surface area contributed by atoms with Gasteiger partial charge in [0.15, 0.2) is 0 Å². The molecule has 26 heavy (non-hydrogen) atoms. The average Bonchev–Trinajstić information content (AvgIpc) is 2.92. The van der Waals surface area contributed by atoms with Gasteiger partial charge in [-0.25, -0.2) is 4.79 Å². The molecule has 0 aromatic heterocycles. The number of oxime groups is 1. The fraction of sp³-hybridized carbons (Fsp3) is 0.529. The zero-order valence-electron chi connectivity index (χ0n) is 14.7. The van der Waals surface area contributed by atoms with Crippen LogP contribution in [0, 0.1) is 37.0 Å². The first kappa shape index (κ1) is 18.0. The maximum atomic E-state index is 12.2. The lowest BCUT2D eigenvalue weighted by Crippen LogP contribution is -2.32. The molecule has 2 fully saturated rings. The molecule has 0 saturated heterocycles. The lowest BCUT2D eigenvalue weighted by molar-refractivity contribution is -0.394. The van der Waals surface area contributed by atoms with Crippen molar-refractivity contribution in [2.24, 2.45) is 21.9 Å². The molecule has 138 valence electrons. The minimum absolute atomic E-state index is 0.0581. The molecule has 9 heteroatoms. The van der Waals surface area contributed by atoms with Crippen molar-refractivity contribution < 1.29 is 19.5 Å². The summed E-state index contributed by atoms with van der Waals surface area (Å²) in [5.41, 5.74) is -0.677. The Labute approximate surface area is 149 Å². The Morgan fingerprint density at radius 1 is 1.15 bits per heavy atom. The topological polar surface area (TPSA) is 125 Å². The van der Waals surface area contributed by atoms with E-state index in [2.05, 4.69) is 25.9 Å². The van der Waals surface area contributed by atoms with Gasteiger partial charge in [0, 0.05) is 17.5 Å². The van der Waals surface area contributed by atoms with E-state index in [-0.39, 0.29) is 16.4 Å². The highest BCUT2D eigenvalue weighted by atomic mass is 16.7. The molecule has 0 radical (unpaired) electrons. The van der Waals surface area contributed by atoms with Gasteiger partial charge in [-0.3, -0.25) is 20.2 Å². The van der Waals surface area contributed by atoms with E-state index in [4.69, 9.17) is 4.84 Å². The third kappa shape index (κ3) is 2.63. The van der Waals surface area contributed by atoms with Gasteiger partial charge >= 0.3 is 5.97 Å². The Bertz CT molecular complexity index is 815. The van der Waals surface area contributed by atoms with Crippen LogP contribution < -0.4 is 0 Å². The summed E-state index contributed by atoms with van der Waals surface area (Å²) in [5, 5.41) is 25.9. The normalized spacial score (nSPS) is 27.5. The van der Waals surface area contributed by atoms with Gasteiger partial charge in [0.05, 0.1) is 27.2 Å². The molecular formula is C17H19N3O6. The number of hydrogen-bond acceptors (Lipinski definition) is 7. The summed E-state index contributed by atoms with van der Waals surface area (Å²) in [7, 11) is 0. The number of rotatable bonds is 4. The van der Waals surface area contributed by atoms with Crippen LogP contribution in [0.25, 0.3) is 0 Å². The van der Waals surface area contributed by atoms with Gasteiger partial charge in [0.1, 0.15) is 0 Å². The van der Waals surface area contributed by atoms with Crippen molar-refractivity contribution in [3.05, 3.63) is 44.0 Å². The Hall–Kier alpha value is -2.84. The lowest BCUT2D eigenvalue weighted by atomic mass is 9.70. The SMILES string of the molecule is CC12CCC(CC1=NOC(=O)c1cc([N+](=O)[O-])cc([N+](=O)[O-])c1)C2(C)C. The van der Waals surface area contributed by atoms with E-state index in [1.165, 1.54) is 0 Å². The van der Waals surface area contributed by atoms with Gasteiger partial charge in [-0.2, -0.15) is 0 Å². The Balaban J connectivity index is 1.86. The summed E-state index contributed by atoms with van der Waals surface area (Å²) >= 11 is 0. The van der Waals surface area contributed by atoms with E-state index in [1.807, 2.05) is 0 Å². The fourth-order valence-electron chi connectivity index (χ4n) is 4.14. The van der Waals surface area contributed by atoms with Gasteiger partial charge in [-0.1, -0.05) is 25.9 Å². The van der Waals surface area contributed by atoms with E-state index < -0.39 is 27.2 Å². The van der Waals surface area contributed by atoms with Crippen LogP contribution >= 0.6 is 0 Å². The number of benzene rings is 1. The second-order valence-electron chi connectivity index (χ2n) is 7.66. The first-order valence-corrected chi connectivity index (χ1v) is 8.29. The number of hydrogen-bond donors (Lipinski definition) is 0. The van der Waals surface area contributed by atoms with Crippen LogP contribution in [0.15, 0.2) is 23.4 Å². The number of nitro benzene ring substituents is 2. The van der Waals surface area contributed by atoms with Crippen molar-refractivity contribution >= 4 is 23.1 Å². The summed E-state index contributed by atoms with van der Waals surface area (Å²) in [6.45, 7) is 6.46. The van der Waals surface area contributed by atoms with Crippen molar-refractivity contribution in [2.45, 2.75) is 40.0 Å². The monoisotopic (exact) mass is 361 g/mol.